The van der Waals surface area contributed by atoms with Crippen molar-refractivity contribution in [2.45, 2.75) is 25.3 Å². The number of nitrogens with one attached hydrogen (secondary N) is 1. The first-order chi connectivity index (χ1) is 9.63. The molecule has 2 amide bonds. The standard InChI is InChI=1S/C13H20N4O3/c14-7-3-1-5-10(13(15)19)17-11(18)9-20-12-6-2-4-8-16-12/h2,4,6,8,10H,1,3,5,7,9,14H2,(H2,15,19)(H,17,18)/t10-/m0/s1. The molecule has 1 heterocycles. The number of carbonyl (C=O) groups is 2. The van der Waals surface area contributed by atoms with Gasteiger partial charge in [0.05, 0.1) is 0 Å². The second kappa shape index (κ2) is 8.87. The first-order valence-electron chi connectivity index (χ1n) is 6.46. The molecular formula is C13H20N4O3. The fourth-order valence-corrected chi connectivity index (χ4v) is 1.59. The zero-order valence-electron chi connectivity index (χ0n) is 11.2. The maximum atomic E-state index is 11.7. The number of hydrogen-bond acceptors (Lipinski definition) is 5. The molecule has 1 atom stereocenters. The molecule has 1 rings (SSSR count). The highest BCUT2D eigenvalue weighted by atomic mass is 16.5. The monoisotopic (exact) mass is 280 g/mol. The summed E-state index contributed by atoms with van der Waals surface area (Å²) in [5.74, 6) is -0.623. The van der Waals surface area contributed by atoms with E-state index in [-0.39, 0.29) is 6.61 Å². The van der Waals surface area contributed by atoms with Gasteiger partial charge in [-0.25, -0.2) is 4.98 Å². The Balaban J connectivity index is 2.36. The van der Waals surface area contributed by atoms with Crippen LogP contribution < -0.4 is 21.5 Å². The van der Waals surface area contributed by atoms with Gasteiger partial charge in [-0.05, 0) is 31.9 Å². The third kappa shape index (κ3) is 6.14. The molecule has 0 aliphatic heterocycles. The van der Waals surface area contributed by atoms with Crippen molar-refractivity contribution in [3.63, 3.8) is 0 Å². The minimum absolute atomic E-state index is 0.211. The van der Waals surface area contributed by atoms with Crippen LogP contribution in [0.2, 0.25) is 0 Å². The van der Waals surface area contributed by atoms with E-state index in [9.17, 15) is 9.59 Å². The number of hydrogen-bond donors (Lipinski definition) is 3. The van der Waals surface area contributed by atoms with E-state index in [1.54, 1.807) is 24.4 Å². The summed E-state index contributed by atoms with van der Waals surface area (Å²) in [6, 6.07) is 4.44. The quantitative estimate of drug-likeness (QED) is 0.530. The van der Waals surface area contributed by atoms with E-state index in [0.717, 1.165) is 12.8 Å². The smallest absolute Gasteiger partial charge is 0.258 e. The molecule has 0 saturated heterocycles. The zero-order chi connectivity index (χ0) is 14.8. The molecule has 0 radical (unpaired) electrons. The van der Waals surface area contributed by atoms with Crippen molar-refractivity contribution in [1.82, 2.24) is 10.3 Å². The van der Waals surface area contributed by atoms with Crippen molar-refractivity contribution in [1.29, 1.82) is 0 Å². The average Bonchev–Trinajstić information content (AvgIpc) is 2.45. The zero-order valence-corrected chi connectivity index (χ0v) is 11.2. The van der Waals surface area contributed by atoms with E-state index < -0.39 is 17.9 Å². The molecule has 0 spiro atoms. The maximum absolute atomic E-state index is 11.7. The number of amides is 2. The van der Waals surface area contributed by atoms with Gasteiger partial charge in [0.15, 0.2) is 6.61 Å². The lowest BCUT2D eigenvalue weighted by atomic mass is 10.1. The predicted octanol–water partition coefficient (Wildman–Crippen LogP) is -0.440. The third-order valence-electron chi connectivity index (χ3n) is 2.61. The number of primary amides is 1. The maximum Gasteiger partial charge on any atom is 0.258 e. The van der Waals surface area contributed by atoms with Crippen LogP contribution in [0.1, 0.15) is 19.3 Å². The summed E-state index contributed by atoms with van der Waals surface area (Å²) in [7, 11) is 0. The van der Waals surface area contributed by atoms with Gasteiger partial charge in [-0.3, -0.25) is 9.59 Å². The highest BCUT2D eigenvalue weighted by Gasteiger charge is 2.17. The summed E-state index contributed by atoms with van der Waals surface area (Å²) >= 11 is 0. The Morgan fingerprint density at radius 2 is 2.15 bits per heavy atom. The van der Waals surface area contributed by atoms with Gasteiger partial charge >= 0.3 is 0 Å². The summed E-state index contributed by atoms with van der Waals surface area (Å²) in [6.07, 6.45) is 3.55. The Labute approximate surface area is 117 Å². The van der Waals surface area contributed by atoms with Gasteiger partial charge in [-0.2, -0.15) is 0 Å². The molecule has 5 N–H and O–H groups in total. The molecule has 0 aliphatic rings. The van der Waals surface area contributed by atoms with E-state index in [1.165, 1.54) is 0 Å². The number of carbonyl (C=O) groups excluding carboxylic acids is 2. The van der Waals surface area contributed by atoms with Gasteiger partial charge < -0.3 is 21.5 Å². The molecule has 20 heavy (non-hydrogen) atoms. The van der Waals surface area contributed by atoms with Crippen molar-refractivity contribution in [3.8, 4) is 5.88 Å². The molecule has 0 unspecified atom stereocenters. The fraction of sp³-hybridized carbons (Fsp3) is 0.462. The Morgan fingerprint density at radius 3 is 2.75 bits per heavy atom. The number of pyridine rings is 1. The van der Waals surface area contributed by atoms with Gasteiger partial charge in [-0.15, -0.1) is 0 Å². The van der Waals surface area contributed by atoms with Gasteiger partial charge in [0.25, 0.3) is 5.91 Å². The van der Waals surface area contributed by atoms with Crippen LogP contribution >= 0.6 is 0 Å². The molecule has 1 aromatic heterocycles. The van der Waals surface area contributed by atoms with Crippen LogP contribution in [0.25, 0.3) is 0 Å². The van der Waals surface area contributed by atoms with E-state index in [0.29, 0.717) is 18.8 Å². The Kier molecular flexibility index (Phi) is 7.05. The van der Waals surface area contributed by atoms with Crippen LogP contribution in [-0.4, -0.2) is 36.0 Å². The number of ether oxygens (including phenoxy) is 1. The summed E-state index contributed by atoms with van der Waals surface area (Å²) in [5.41, 5.74) is 10.6. The van der Waals surface area contributed by atoms with Crippen molar-refractivity contribution in [3.05, 3.63) is 24.4 Å². The van der Waals surface area contributed by atoms with Crippen molar-refractivity contribution in [2.24, 2.45) is 11.5 Å². The van der Waals surface area contributed by atoms with Crippen molar-refractivity contribution in [2.75, 3.05) is 13.2 Å². The lowest BCUT2D eigenvalue weighted by Crippen LogP contribution is -2.46. The van der Waals surface area contributed by atoms with Crippen LogP contribution in [0.4, 0.5) is 0 Å². The highest BCUT2D eigenvalue weighted by molar-refractivity contribution is 5.87. The summed E-state index contributed by atoms with van der Waals surface area (Å²) in [6.45, 7) is 0.333. The first-order valence-corrected chi connectivity index (χ1v) is 6.46. The fourth-order valence-electron chi connectivity index (χ4n) is 1.59. The summed E-state index contributed by atoms with van der Waals surface area (Å²) in [5, 5.41) is 2.54. The van der Waals surface area contributed by atoms with Crippen LogP contribution in [0.5, 0.6) is 5.88 Å². The first kappa shape index (κ1) is 15.9. The van der Waals surface area contributed by atoms with Crippen LogP contribution in [0.15, 0.2) is 24.4 Å². The average molecular weight is 280 g/mol. The van der Waals surface area contributed by atoms with Crippen LogP contribution in [0, 0.1) is 0 Å². The molecule has 1 aromatic rings. The van der Waals surface area contributed by atoms with Gasteiger partial charge in [0.2, 0.25) is 11.8 Å². The van der Waals surface area contributed by atoms with E-state index in [4.69, 9.17) is 16.2 Å². The molecule has 7 heteroatoms. The molecule has 110 valence electrons. The van der Waals surface area contributed by atoms with Gasteiger partial charge in [-0.1, -0.05) is 6.07 Å². The Hall–Kier alpha value is -2.15. The minimum Gasteiger partial charge on any atom is -0.468 e. The molecule has 0 saturated carbocycles. The van der Waals surface area contributed by atoms with Crippen molar-refractivity contribution >= 4 is 11.8 Å². The normalized spacial score (nSPS) is 11.7. The van der Waals surface area contributed by atoms with E-state index in [1.807, 2.05) is 0 Å². The summed E-state index contributed by atoms with van der Waals surface area (Å²) < 4.78 is 5.18. The van der Waals surface area contributed by atoms with E-state index >= 15 is 0 Å². The van der Waals surface area contributed by atoms with Gasteiger partial charge in [0, 0.05) is 12.3 Å². The number of nitrogens with two attached hydrogens (primary N) is 2. The molecule has 7 nitrogen and oxygen atoms in total. The van der Waals surface area contributed by atoms with Crippen LogP contribution in [-0.2, 0) is 9.59 Å². The Bertz CT molecular complexity index is 425. The number of rotatable bonds is 9. The van der Waals surface area contributed by atoms with E-state index in [2.05, 4.69) is 10.3 Å². The largest absolute Gasteiger partial charge is 0.468 e. The number of nitrogens with zero attached hydrogens (tertiary/aromatic N) is 1. The van der Waals surface area contributed by atoms with Gasteiger partial charge in [0.1, 0.15) is 6.04 Å². The highest BCUT2D eigenvalue weighted by Crippen LogP contribution is 2.03. The molecule has 0 bridgehead atoms. The summed E-state index contributed by atoms with van der Waals surface area (Å²) in [4.78, 5) is 26.8. The minimum atomic E-state index is -0.693. The second-order valence-corrected chi connectivity index (χ2v) is 4.26. The lowest BCUT2D eigenvalue weighted by molar-refractivity contribution is -0.128. The SMILES string of the molecule is NCCCC[C@H](NC(=O)COc1ccccn1)C(N)=O. The molecular weight excluding hydrogens is 260 g/mol. The van der Waals surface area contributed by atoms with Crippen LogP contribution in [0.3, 0.4) is 0 Å². The number of unbranched alkanes of at least 4 members (excludes halogenated alkanes) is 1. The molecule has 0 aliphatic carbocycles. The molecule has 0 fully saturated rings. The second-order valence-electron chi connectivity index (χ2n) is 4.26. The number of aromatic nitrogens is 1. The third-order valence-corrected chi connectivity index (χ3v) is 2.61. The van der Waals surface area contributed by atoms with Crippen molar-refractivity contribution < 1.29 is 14.3 Å². The Morgan fingerprint density at radius 1 is 1.35 bits per heavy atom. The lowest BCUT2D eigenvalue weighted by Gasteiger charge is -2.15. The predicted molar refractivity (Wildman–Crippen MR) is 73.8 cm³/mol. The topological polar surface area (TPSA) is 120 Å². The molecule has 0 aromatic carbocycles.